The van der Waals surface area contributed by atoms with Gasteiger partial charge in [0.1, 0.15) is 0 Å². The molecule has 0 saturated carbocycles. The molecule has 0 nitrogen and oxygen atoms in total. The second kappa shape index (κ2) is 25.8. The third-order valence-corrected chi connectivity index (χ3v) is 0. The molecule has 3 radical (unpaired) electrons. The van der Waals surface area contributed by atoms with Crippen LogP contribution in [0.15, 0.2) is 0 Å². The van der Waals surface area contributed by atoms with Crippen LogP contribution in [0.4, 0.5) is 0 Å². The molecule has 31 valence electrons. The Morgan fingerprint density at radius 3 is 1.00 bits per heavy atom. The van der Waals surface area contributed by atoms with E-state index < -0.39 is 0 Å². The molecular weight excluding hydrogens is 546 g/mol. The Kier molecular flexibility index (Phi) is 202. The Hall–Kier alpha value is 3.51. The molecule has 0 aromatic heterocycles. The Morgan fingerprint density at radius 1 is 1.00 bits per heavy atom. The van der Waals surface area contributed by atoms with E-state index in [-0.39, 0.29) is 108 Å². The molecule has 0 aliphatic rings. The molecule has 0 amide bonds. The summed E-state index contributed by atoms with van der Waals surface area (Å²) in [6, 6.07) is 0. The van der Waals surface area contributed by atoms with Gasteiger partial charge in [0, 0.05) is 39.9 Å². The minimum Gasteiger partial charge on any atom is 0 e. The molecule has 0 saturated heterocycles. The summed E-state index contributed by atoms with van der Waals surface area (Å²) in [5.41, 5.74) is 0. The molecule has 0 bridgehead atoms. The van der Waals surface area contributed by atoms with Gasteiger partial charge in [0.15, 0.2) is 17.4 Å². The zero-order valence-corrected chi connectivity index (χ0v) is 11.4. The van der Waals surface area contributed by atoms with Crippen molar-refractivity contribution in [2.45, 2.75) is 0 Å². The first-order valence-corrected chi connectivity index (χ1v) is 0. The van der Waals surface area contributed by atoms with Crippen LogP contribution in [0.5, 0.6) is 0 Å². The van der Waals surface area contributed by atoms with Crippen LogP contribution in [0.25, 0.3) is 0 Å². The van der Waals surface area contributed by atoms with Gasteiger partial charge < -0.3 is 0 Å². The molecule has 0 aromatic rings. The van der Waals surface area contributed by atoms with Crippen molar-refractivity contribution in [3.63, 3.8) is 0 Å². The van der Waals surface area contributed by atoms with Crippen molar-refractivity contribution < 1.29 is 39.9 Å². The van der Waals surface area contributed by atoms with Crippen LogP contribution >= 0.6 is 0 Å². The first-order chi connectivity index (χ1) is 0. The van der Waals surface area contributed by atoms with Gasteiger partial charge in [-0.1, -0.05) is 0 Å². The molecule has 0 spiro atoms. The Labute approximate surface area is 105 Å². The van der Waals surface area contributed by atoms with Crippen molar-refractivity contribution in [1.82, 2.24) is 0 Å². The second-order valence-electron chi connectivity index (χ2n) is 0. The van der Waals surface area contributed by atoms with E-state index in [9.17, 15) is 0 Å². The molecule has 0 atom stereocenters. The van der Waals surface area contributed by atoms with Crippen molar-refractivity contribution in [3.8, 4) is 0 Å². The van der Waals surface area contributed by atoms with Gasteiger partial charge in [-0.2, -0.15) is 0 Å². The van der Waals surface area contributed by atoms with Crippen molar-refractivity contribution in [3.05, 3.63) is 0 Å². The first-order valence-electron chi connectivity index (χ1n) is 0. The summed E-state index contributed by atoms with van der Waals surface area (Å²) in [6.07, 6.45) is 0. The fraction of sp³-hybridized carbons (Fsp3) is 0. The molecule has 5 heteroatoms. The molecular formula is H7AlMgPbReRu. The quantitative estimate of drug-likeness (QED) is 0.281. The molecule has 0 unspecified atom stereocenters. The standard InChI is InChI=1S/Al.Mg.Pb.Re.Ru.7H. The maximum Gasteiger partial charge on any atom is 0 e. The van der Waals surface area contributed by atoms with Gasteiger partial charge in [-0.3, -0.25) is 0 Å². The Morgan fingerprint density at radius 2 is 1.00 bits per heavy atom. The molecule has 5 heavy (non-hydrogen) atoms. The van der Waals surface area contributed by atoms with Gasteiger partial charge in [0.05, 0.1) is 0 Å². The summed E-state index contributed by atoms with van der Waals surface area (Å²) < 4.78 is 0. The second-order valence-corrected chi connectivity index (χ2v) is 0. The first kappa shape index (κ1) is 39.0. The van der Waals surface area contributed by atoms with Crippen molar-refractivity contribution >= 4 is 67.7 Å². The van der Waals surface area contributed by atoms with E-state index >= 15 is 0 Å². The monoisotopic (exact) mass is 555 g/mol. The van der Waals surface area contributed by atoms with Crippen LogP contribution in [0.1, 0.15) is 0 Å². The third kappa shape index (κ3) is 18.5. The van der Waals surface area contributed by atoms with E-state index in [1.165, 1.54) is 0 Å². The van der Waals surface area contributed by atoms with E-state index in [0.717, 1.165) is 0 Å². The van der Waals surface area contributed by atoms with Crippen molar-refractivity contribution in [2.24, 2.45) is 0 Å². The maximum absolute atomic E-state index is 0. The molecule has 0 aliphatic carbocycles. The summed E-state index contributed by atoms with van der Waals surface area (Å²) in [4.78, 5) is 0. The summed E-state index contributed by atoms with van der Waals surface area (Å²) >= 11 is 0. The molecule has 0 fully saturated rings. The van der Waals surface area contributed by atoms with Crippen molar-refractivity contribution in [2.75, 3.05) is 0 Å². The SMILES string of the molecule is [AlH3].[MgH2].[PbH2].[Re].[Ru]. The van der Waals surface area contributed by atoms with Gasteiger partial charge in [0.2, 0.25) is 0 Å². The average molecular weight is 553 g/mol. The van der Waals surface area contributed by atoms with Crippen LogP contribution in [0, 0.1) is 0 Å². The maximum atomic E-state index is 0. The molecule has 0 aliphatic heterocycles. The largest absolute Gasteiger partial charge is 0 e. The normalized spacial score (nSPS) is 0. The van der Waals surface area contributed by atoms with Crippen molar-refractivity contribution in [1.29, 1.82) is 0 Å². The van der Waals surface area contributed by atoms with Crippen LogP contribution in [-0.4, -0.2) is 67.7 Å². The van der Waals surface area contributed by atoms with Gasteiger partial charge in [-0.15, -0.1) is 0 Å². The fourth-order valence-corrected chi connectivity index (χ4v) is 0. The molecule has 0 aromatic carbocycles. The zero-order valence-electron chi connectivity index (χ0n) is 1.44. The number of rotatable bonds is 0. The average Bonchev–Trinajstić information content (AvgIpc) is 0. The summed E-state index contributed by atoms with van der Waals surface area (Å²) in [6.45, 7) is 0. The molecule has 0 rings (SSSR count). The topological polar surface area (TPSA) is 0 Å². The summed E-state index contributed by atoms with van der Waals surface area (Å²) in [5, 5.41) is 0. The van der Waals surface area contributed by atoms with E-state index in [1.54, 1.807) is 0 Å². The van der Waals surface area contributed by atoms with E-state index in [1.807, 2.05) is 0 Å². The predicted octanol–water partition coefficient (Wildman–Crippen LogP) is -3.02. The Bertz CT molecular complexity index is 11.6. The minimum absolute atomic E-state index is 0. The predicted molar refractivity (Wildman–Crippen MR) is 27.0 cm³/mol. The minimum atomic E-state index is 0. The Balaban J connectivity index is 0. The van der Waals surface area contributed by atoms with E-state index in [4.69, 9.17) is 0 Å². The molecule has 0 heterocycles. The van der Waals surface area contributed by atoms with E-state index in [2.05, 4.69) is 0 Å². The van der Waals surface area contributed by atoms with Crippen LogP contribution < -0.4 is 0 Å². The van der Waals surface area contributed by atoms with Crippen LogP contribution in [-0.2, 0) is 39.9 Å². The summed E-state index contributed by atoms with van der Waals surface area (Å²) in [5.74, 6) is 0. The zero-order chi connectivity index (χ0) is 0. The van der Waals surface area contributed by atoms with Gasteiger partial charge >= 0.3 is 50.4 Å². The third-order valence-electron chi connectivity index (χ3n) is 0. The van der Waals surface area contributed by atoms with Crippen LogP contribution in [0.3, 0.4) is 0 Å². The fourth-order valence-electron chi connectivity index (χ4n) is 0. The number of hydrogen-bond acceptors (Lipinski definition) is 0. The van der Waals surface area contributed by atoms with Gasteiger partial charge in [-0.25, -0.2) is 0 Å². The van der Waals surface area contributed by atoms with Crippen LogP contribution in [0.2, 0.25) is 0 Å². The number of hydrogen-bond donors (Lipinski definition) is 0. The van der Waals surface area contributed by atoms with Gasteiger partial charge in [0.25, 0.3) is 0 Å². The van der Waals surface area contributed by atoms with E-state index in [0.29, 0.717) is 0 Å². The molecule has 0 N–H and O–H groups in total. The smallest absolute Gasteiger partial charge is 0 e. The van der Waals surface area contributed by atoms with Gasteiger partial charge in [-0.05, 0) is 0 Å². The summed E-state index contributed by atoms with van der Waals surface area (Å²) in [7, 11) is 0.